The van der Waals surface area contributed by atoms with Gasteiger partial charge in [0.15, 0.2) is 5.65 Å². The number of thioether (sulfide) groups is 1. The molecule has 0 spiro atoms. The van der Waals surface area contributed by atoms with Gasteiger partial charge in [0.2, 0.25) is 0 Å². The number of rotatable bonds is 9. The molecule has 0 bridgehead atoms. The van der Waals surface area contributed by atoms with Crippen molar-refractivity contribution >= 4 is 29.0 Å². The Morgan fingerprint density at radius 3 is 2.94 bits per heavy atom. The maximum atomic E-state index is 13.0. The van der Waals surface area contributed by atoms with E-state index in [2.05, 4.69) is 25.2 Å². The molecule has 172 valence electrons. The number of benzene rings is 1. The van der Waals surface area contributed by atoms with Crippen LogP contribution in [0.25, 0.3) is 16.9 Å². The molecule has 0 fully saturated rings. The molecule has 0 aliphatic heterocycles. The van der Waals surface area contributed by atoms with Crippen molar-refractivity contribution < 1.29 is 22.8 Å². The molecule has 4 rings (SSSR count). The molecule has 9 nitrogen and oxygen atoms in total. The molecule has 33 heavy (non-hydrogen) atoms. The molecule has 0 saturated carbocycles. The summed E-state index contributed by atoms with van der Waals surface area (Å²) in [4.78, 5) is 17.9. The third-order valence-electron chi connectivity index (χ3n) is 4.63. The van der Waals surface area contributed by atoms with Crippen molar-refractivity contribution in [2.75, 3.05) is 18.1 Å². The SMILES string of the molecule is CSc1ccc(OC(F)F)c(-c2nn(CCNF)cc2NC(=O)c2cnn3cccnc23)c1. The molecule has 0 aliphatic carbocycles. The van der Waals surface area contributed by atoms with Crippen LogP contribution in [0.2, 0.25) is 0 Å². The van der Waals surface area contributed by atoms with E-state index in [4.69, 9.17) is 0 Å². The molecular weight excluding hydrogens is 459 g/mol. The van der Waals surface area contributed by atoms with Crippen LogP contribution in [-0.4, -0.2) is 49.7 Å². The summed E-state index contributed by atoms with van der Waals surface area (Å²) in [6, 6.07) is 6.36. The summed E-state index contributed by atoms with van der Waals surface area (Å²) in [6.07, 6.45) is 7.87. The molecule has 0 atom stereocenters. The highest BCUT2D eigenvalue weighted by Gasteiger charge is 2.22. The molecule has 3 aromatic heterocycles. The second-order valence-corrected chi connectivity index (χ2v) is 7.56. The van der Waals surface area contributed by atoms with Crippen molar-refractivity contribution in [3.05, 3.63) is 54.6 Å². The number of hydrogen-bond acceptors (Lipinski definition) is 7. The summed E-state index contributed by atoms with van der Waals surface area (Å²) in [7, 11) is 0. The number of carbonyl (C=O) groups excluding carboxylic acids is 1. The first-order valence-electron chi connectivity index (χ1n) is 9.64. The number of hydrogen-bond donors (Lipinski definition) is 2. The molecule has 0 saturated heterocycles. The van der Waals surface area contributed by atoms with Crippen LogP contribution in [0.15, 0.2) is 53.9 Å². The van der Waals surface area contributed by atoms with E-state index in [1.807, 2.05) is 6.26 Å². The van der Waals surface area contributed by atoms with E-state index in [-0.39, 0.29) is 41.3 Å². The minimum atomic E-state index is -3.05. The molecular formula is C20H18F3N7O2S. The first kappa shape index (κ1) is 22.6. The Labute approximate surface area is 189 Å². The molecule has 0 aliphatic rings. The average Bonchev–Trinajstić information content (AvgIpc) is 3.41. The molecule has 2 N–H and O–H groups in total. The van der Waals surface area contributed by atoms with Crippen molar-refractivity contribution in [1.82, 2.24) is 29.9 Å². The maximum Gasteiger partial charge on any atom is 0.387 e. The number of halogens is 3. The minimum Gasteiger partial charge on any atom is -0.434 e. The van der Waals surface area contributed by atoms with Gasteiger partial charge in [-0.25, -0.2) is 9.50 Å². The third kappa shape index (κ3) is 4.93. The molecule has 13 heteroatoms. The fourth-order valence-electron chi connectivity index (χ4n) is 3.18. The highest BCUT2D eigenvalue weighted by molar-refractivity contribution is 7.98. The zero-order chi connectivity index (χ0) is 23.4. The monoisotopic (exact) mass is 477 g/mol. The highest BCUT2D eigenvalue weighted by Crippen LogP contribution is 2.37. The number of nitrogens with zero attached hydrogens (tertiary/aromatic N) is 5. The van der Waals surface area contributed by atoms with Crippen LogP contribution in [0.3, 0.4) is 0 Å². The lowest BCUT2D eigenvalue weighted by atomic mass is 10.1. The average molecular weight is 477 g/mol. The summed E-state index contributed by atoms with van der Waals surface area (Å²) < 4.78 is 46.0. The van der Waals surface area contributed by atoms with E-state index in [1.54, 1.807) is 24.4 Å². The Morgan fingerprint density at radius 2 is 2.18 bits per heavy atom. The second-order valence-electron chi connectivity index (χ2n) is 6.68. The smallest absolute Gasteiger partial charge is 0.387 e. The Hall–Kier alpha value is -3.58. The van der Waals surface area contributed by atoms with Crippen LogP contribution in [-0.2, 0) is 6.54 Å². The zero-order valence-corrected chi connectivity index (χ0v) is 18.0. The van der Waals surface area contributed by atoms with E-state index in [0.717, 1.165) is 4.90 Å². The Morgan fingerprint density at radius 1 is 1.33 bits per heavy atom. The van der Waals surface area contributed by atoms with Crippen molar-refractivity contribution in [2.45, 2.75) is 18.1 Å². The van der Waals surface area contributed by atoms with E-state index >= 15 is 0 Å². The molecule has 1 aromatic carbocycles. The normalized spacial score (nSPS) is 11.3. The fraction of sp³-hybridized carbons (Fsp3) is 0.200. The Kier molecular flexibility index (Phi) is 6.79. The van der Waals surface area contributed by atoms with Gasteiger partial charge in [-0.2, -0.15) is 24.5 Å². The first-order valence-corrected chi connectivity index (χ1v) is 10.9. The van der Waals surface area contributed by atoms with Gasteiger partial charge < -0.3 is 10.1 Å². The number of ether oxygens (including phenoxy) is 1. The topological polar surface area (TPSA) is 98.4 Å². The van der Waals surface area contributed by atoms with Gasteiger partial charge in [-0.3, -0.25) is 9.48 Å². The molecule has 3 heterocycles. The molecule has 0 radical (unpaired) electrons. The van der Waals surface area contributed by atoms with Crippen LogP contribution < -0.4 is 15.6 Å². The largest absolute Gasteiger partial charge is 0.434 e. The molecule has 0 unspecified atom stereocenters. The van der Waals surface area contributed by atoms with Crippen molar-refractivity contribution in [3.63, 3.8) is 0 Å². The van der Waals surface area contributed by atoms with Gasteiger partial charge in [0.1, 0.15) is 17.0 Å². The predicted octanol–water partition coefficient (Wildman–Crippen LogP) is 3.64. The van der Waals surface area contributed by atoms with Crippen molar-refractivity contribution in [2.24, 2.45) is 0 Å². The van der Waals surface area contributed by atoms with Crippen LogP contribution >= 0.6 is 11.8 Å². The minimum absolute atomic E-state index is 0.0439. The number of carbonyl (C=O) groups is 1. The van der Waals surface area contributed by atoms with E-state index in [9.17, 15) is 18.1 Å². The van der Waals surface area contributed by atoms with Crippen LogP contribution in [0, 0.1) is 0 Å². The number of aromatic nitrogens is 5. The number of fused-ring (bicyclic) bond motifs is 1. The van der Waals surface area contributed by atoms with Crippen LogP contribution in [0.4, 0.5) is 18.9 Å². The van der Waals surface area contributed by atoms with Crippen molar-refractivity contribution in [1.29, 1.82) is 0 Å². The van der Waals surface area contributed by atoms with Gasteiger partial charge in [-0.1, -0.05) is 0 Å². The van der Waals surface area contributed by atoms with E-state index in [0.29, 0.717) is 5.65 Å². The van der Waals surface area contributed by atoms with E-state index < -0.39 is 12.5 Å². The van der Waals surface area contributed by atoms with Gasteiger partial charge in [-0.05, 0) is 30.5 Å². The standard InChI is InChI=1S/C20H18F3N7O2S/c1-33-12-3-4-16(32-20(21)22)13(9-12)17-15(11-29(28-17)8-6-25-23)27-19(31)14-10-26-30-7-2-5-24-18(14)30/h2-5,7,9-11,20,25H,6,8H2,1H3,(H,27,31). The van der Waals surface area contributed by atoms with Gasteiger partial charge in [0, 0.05) is 35.6 Å². The Bertz CT molecular complexity index is 1280. The number of amides is 1. The summed E-state index contributed by atoms with van der Waals surface area (Å²) in [5.41, 5.74) is 2.76. The Balaban J connectivity index is 1.76. The van der Waals surface area contributed by atoms with Gasteiger partial charge >= 0.3 is 6.61 Å². The summed E-state index contributed by atoms with van der Waals surface area (Å²) in [6.45, 7) is -2.97. The molecule has 1 amide bonds. The number of anilines is 1. The third-order valence-corrected chi connectivity index (χ3v) is 5.35. The number of nitrogens with one attached hydrogen (secondary N) is 2. The van der Waals surface area contributed by atoms with E-state index in [1.165, 1.54) is 51.2 Å². The lowest BCUT2D eigenvalue weighted by molar-refractivity contribution is -0.0494. The fourth-order valence-corrected chi connectivity index (χ4v) is 3.62. The van der Waals surface area contributed by atoms with Crippen LogP contribution in [0.5, 0.6) is 5.75 Å². The first-order chi connectivity index (χ1) is 16.0. The van der Waals surface area contributed by atoms with Gasteiger partial charge in [0.05, 0.1) is 18.4 Å². The molecule has 4 aromatic rings. The lowest BCUT2D eigenvalue weighted by Gasteiger charge is -2.12. The van der Waals surface area contributed by atoms with Crippen LogP contribution in [0.1, 0.15) is 10.4 Å². The van der Waals surface area contributed by atoms with Gasteiger partial charge in [-0.15, -0.1) is 16.2 Å². The summed E-state index contributed by atoms with van der Waals surface area (Å²) >= 11 is 1.40. The quantitative estimate of drug-likeness (QED) is 0.281. The lowest BCUT2D eigenvalue weighted by Crippen LogP contribution is -2.13. The number of alkyl halides is 2. The maximum absolute atomic E-state index is 13.0. The summed E-state index contributed by atoms with van der Waals surface area (Å²) in [5.74, 6) is -0.629. The predicted molar refractivity (Wildman–Crippen MR) is 116 cm³/mol. The summed E-state index contributed by atoms with van der Waals surface area (Å²) in [5, 5.41) is 11.2. The zero-order valence-electron chi connectivity index (χ0n) is 17.2. The highest BCUT2D eigenvalue weighted by atomic mass is 32.2. The second kappa shape index (κ2) is 9.92. The van der Waals surface area contributed by atoms with Gasteiger partial charge in [0.25, 0.3) is 5.91 Å². The van der Waals surface area contributed by atoms with Crippen molar-refractivity contribution in [3.8, 4) is 17.0 Å².